The monoisotopic (exact) mass is 292 g/mol. The number of sulfone groups is 1. The zero-order chi connectivity index (χ0) is 14.8. The molecule has 0 radical (unpaired) electrons. The van der Waals surface area contributed by atoms with Crippen molar-refractivity contribution in [3.05, 3.63) is 42.2 Å². The topological polar surface area (TPSA) is 90.1 Å². The second-order valence-electron chi connectivity index (χ2n) is 4.79. The molecule has 2 aromatic rings. The Morgan fingerprint density at radius 1 is 1.35 bits per heavy atom. The molecule has 0 aliphatic rings. The molecule has 1 atom stereocenters. The predicted molar refractivity (Wildman–Crippen MR) is 78.4 cm³/mol. The average molecular weight is 292 g/mol. The largest absolute Gasteiger partial charge is 0.321 e. The van der Waals surface area contributed by atoms with Gasteiger partial charge in [0.2, 0.25) is 0 Å². The Hall–Kier alpha value is -1.79. The Labute approximate surface area is 117 Å². The molecule has 0 amide bonds. The number of nitrogens with two attached hydrogens (primary N) is 1. The van der Waals surface area contributed by atoms with Crippen molar-refractivity contribution >= 4 is 26.4 Å². The minimum absolute atomic E-state index is 0.0910. The van der Waals surface area contributed by atoms with Crippen LogP contribution in [0, 0.1) is 0 Å². The molecule has 1 heterocycles. The summed E-state index contributed by atoms with van der Waals surface area (Å²) in [6.45, 7) is 0. The van der Waals surface area contributed by atoms with Crippen LogP contribution in [0.2, 0.25) is 0 Å². The first-order valence-electron chi connectivity index (χ1n) is 6.19. The van der Waals surface area contributed by atoms with Gasteiger partial charge in [-0.05, 0) is 17.9 Å². The van der Waals surface area contributed by atoms with E-state index in [4.69, 9.17) is 5.73 Å². The molecule has 6 heteroatoms. The second-order valence-corrected chi connectivity index (χ2v) is 7.05. The molecule has 0 saturated carbocycles. The second kappa shape index (κ2) is 5.68. The fourth-order valence-corrected chi connectivity index (χ4v) is 2.69. The van der Waals surface area contributed by atoms with E-state index < -0.39 is 15.9 Å². The number of rotatable bonds is 5. The molecule has 0 aliphatic carbocycles. The van der Waals surface area contributed by atoms with E-state index in [0.717, 1.165) is 17.0 Å². The molecule has 1 aromatic heterocycles. The van der Waals surface area contributed by atoms with Crippen molar-refractivity contribution in [3.63, 3.8) is 0 Å². The first-order chi connectivity index (χ1) is 9.38. The number of hydrogen-bond donors (Lipinski definition) is 1. The summed E-state index contributed by atoms with van der Waals surface area (Å²) in [6.07, 6.45) is 4.54. The fraction of sp³-hybridized carbons (Fsp3) is 0.286. The number of ketones is 1. The third-order valence-electron chi connectivity index (χ3n) is 3.08. The Balaban J connectivity index is 2.27. The van der Waals surface area contributed by atoms with Crippen LogP contribution in [-0.4, -0.2) is 37.2 Å². The first kappa shape index (κ1) is 14.6. The Morgan fingerprint density at radius 3 is 2.80 bits per heavy atom. The predicted octanol–water partition coefficient (Wildman–Crippen LogP) is 1.18. The number of benzene rings is 1. The normalized spacial score (nSPS) is 13.3. The molecule has 20 heavy (non-hydrogen) atoms. The summed E-state index contributed by atoms with van der Waals surface area (Å²) in [5.41, 5.74) is 6.32. The molecule has 0 fully saturated rings. The van der Waals surface area contributed by atoms with Gasteiger partial charge in [0.15, 0.2) is 5.78 Å². The SMILES string of the molecule is CS(=O)(=O)CCC(N)C(=O)c1cccc2cnccc12. The number of aromatic nitrogens is 1. The zero-order valence-electron chi connectivity index (χ0n) is 11.1. The molecule has 1 aromatic carbocycles. The van der Waals surface area contributed by atoms with Gasteiger partial charge >= 0.3 is 0 Å². The maximum Gasteiger partial charge on any atom is 0.180 e. The van der Waals surface area contributed by atoms with E-state index in [1.54, 1.807) is 30.6 Å². The third-order valence-corrected chi connectivity index (χ3v) is 4.06. The van der Waals surface area contributed by atoms with Crippen LogP contribution in [0.3, 0.4) is 0 Å². The average Bonchev–Trinajstić information content (AvgIpc) is 2.42. The van der Waals surface area contributed by atoms with Gasteiger partial charge in [0.05, 0.1) is 11.8 Å². The van der Waals surface area contributed by atoms with Crippen LogP contribution >= 0.6 is 0 Å². The molecule has 1 unspecified atom stereocenters. The number of Topliss-reactive ketones (excluding diaryl/α,β-unsaturated/α-hetero) is 1. The molecule has 0 saturated heterocycles. The highest BCUT2D eigenvalue weighted by molar-refractivity contribution is 7.90. The summed E-state index contributed by atoms with van der Waals surface area (Å²) in [4.78, 5) is 16.3. The van der Waals surface area contributed by atoms with Crippen LogP contribution in [0.4, 0.5) is 0 Å². The molecule has 2 N–H and O–H groups in total. The first-order valence-corrected chi connectivity index (χ1v) is 8.25. The maximum absolute atomic E-state index is 12.3. The van der Waals surface area contributed by atoms with Gasteiger partial charge in [0.1, 0.15) is 9.84 Å². The summed E-state index contributed by atoms with van der Waals surface area (Å²) >= 11 is 0. The number of nitrogens with zero attached hydrogens (tertiary/aromatic N) is 1. The van der Waals surface area contributed by atoms with Crippen molar-refractivity contribution in [2.24, 2.45) is 5.73 Å². The summed E-state index contributed by atoms with van der Waals surface area (Å²) in [5, 5.41) is 1.64. The molecule has 0 spiro atoms. The highest BCUT2D eigenvalue weighted by Gasteiger charge is 2.19. The lowest BCUT2D eigenvalue weighted by Crippen LogP contribution is -2.32. The smallest absolute Gasteiger partial charge is 0.180 e. The van der Waals surface area contributed by atoms with Gasteiger partial charge in [-0.15, -0.1) is 0 Å². The van der Waals surface area contributed by atoms with Gasteiger partial charge in [-0.1, -0.05) is 18.2 Å². The van der Waals surface area contributed by atoms with Crippen LogP contribution in [0.25, 0.3) is 10.8 Å². The number of fused-ring (bicyclic) bond motifs is 1. The number of pyridine rings is 1. The minimum atomic E-state index is -3.12. The van der Waals surface area contributed by atoms with Gasteiger partial charge in [-0.3, -0.25) is 9.78 Å². The zero-order valence-corrected chi connectivity index (χ0v) is 11.9. The molecule has 0 bridgehead atoms. The van der Waals surface area contributed by atoms with Crippen LogP contribution in [0.5, 0.6) is 0 Å². The summed E-state index contributed by atoms with van der Waals surface area (Å²) < 4.78 is 22.3. The van der Waals surface area contributed by atoms with Gasteiger partial charge in [0, 0.05) is 29.6 Å². The Morgan fingerprint density at radius 2 is 2.10 bits per heavy atom. The number of carbonyl (C=O) groups excluding carboxylic acids is 1. The van der Waals surface area contributed by atoms with E-state index in [1.807, 2.05) is 6.07 Å². The highest BCUT2D eigenvalue weighted by atomic mass is 32.2. The molecule has 5 nitrogen and oxygen atoms in total. The maximum atomic E-state index is 12.3. The van der Waals surface area contributed by atoms with Crippen molar-refractivity contribution in [2.45, 2.75) is 12.5 Å². The lowest BCUT2D eigenvalue weighted by atomic mass is 9.98. The van der Waals surface area contributed by atoms with Gasteiger partial charge in [0.25, 0.3) is 0 Å². The van der Waals surface area contributed by atoms with Crippen LogP contribution in [0.15, 0.2) is 36.7 Å². The van der Waals surface area contributed by atoms with Gasteiger partial charge in [-0.2, -0.15) is 0 Å². The van der Waals surface area contributed by atoms with Crippen molar-refractivity contribution in [1.29, 1.82) is 0 Å². The van der Waals surface area contributed by atoms with Crippen molar-refractivity contribution in [1.82, 2.24) is 4.98 Å². The third kappa shape index (κ3) is 3.40. The van der Waals surface area contributed by atoms with Crippen LogP contribution < -0.4 is 5.73 Å². The summed E-state index contributed by atoms with van der Waals surface area (Å²) in [7, 11) is -3.12. The minimum Gasteiger partial charge on any atom is -0.321 e. The fourth-order valence-electron chi connectivity index (χ4n) is 2.01. The van der Waals surface area contributed by atoms with E-state index in [9.17, 15) is 13.2 Å². The molecule has 106 valence electrons. The summed E-state index contributed by atoms with van der Waals surface area (Å²) in [6, 6.07) is 6.27. The molecular formula is C14H16N2O3S. The lowest BCUT2D eigenvalue weighted by Gasteiger charge is -2.11. The van der Waals surface area contributed by atoms with E-state index in [2.05, 4.69) is 4.98 Å². The van der Waals surface area contributed by atoms with Crippen molar-refractivity contribution < 1.29 is 13.2 Å². The molecule has 0 aliphatic heterocycles. The molecular weight excluding hydrogens is 276 g/mol. The number of carbonyl (C=O) groups is 1. The Bertz CT molecular complexity index is 736. The quantitative estimate of drug-likeness (QED) is 0.836. The standard InChI is InChI=1S/C14H16N2O3S/c1-20(18,19)8-6-13(15)14(17)12-4-2-3-10-9-16-7-5-11(10)12/h2-5,7,9,13H,6,8,15H2,1H3. The molecule has 2 rings (SSSR count). The van der Waals surface area contributed by atoms with Crippen molar-refractivity contribution in [2.75, 3.05) is 12.0 Å². The van der Waals surface area contributed by atoms with Crippen molar-refractivity contribution in [3.8, 4) is 0 Å². The van der Waals surface area contributed by atoms with Gasteiger partial charge in [-0.25, -0.2) is 8.42 Å². The van der Waals surface area contributed by atoms with Crippen LogP contribution in [0.1, 0.15) is 16.8 Å². The van der Waals surface area contributed by atoms with E-state index in [0.29, 0.717) is 5.56 Å². The Kier molecular flexibility index (Phi) is 4.15. The van der Waals surface area contributed by atoms with E-state index in [1.165, 1.54) is 0 Å². The van der Waals surface area contributed by atoms with E-state index in [-0.39, 0.29) is 18.0 Å². The van der Waals surface area contributed by atoms with Crippen LogP contribution in [-0.2, 0) is 9.84 Å². The lowest BCUT2D eigenvalue weighted by molar-refractivity contribution is 0.0961. The highest BCUT2D eigenvalue weighted by Crippen LogP contribution is 2.19. The van der Waals surface area contributed by atoms with Gasteiger partial charge < -0.3 is 5.73 Å². The van der Waals surface area contributed by atoms with E-state index >= 15 is 0 Å². The summed E-state index contributed by atoms with van der Waals surface area (Å²) in [5.74, 6) is -0.336. The number of hydrogen-bond acceptors (Lipinski definition) is 5.